The Morgan fingerprint density at radius 3 is 2.60 bits per heavy atom. The van der Waals surface area contributed by atoms with Crippen molar-refractivity contribution in [3.05, 3.63) is 35.4 Å². The van der Waals surface area contributed by atoms with E-state index in [1.54, 1.807) is 24.1 Å². The van der Waals surface area contributed by atoms with E-state index >= 15 is 0 Å². The van der Waals surface area contributed by atoms with Crippen LogP contribution in [0.3, 0.4) is 0 Å². The van der Waals surface area contributed by atoms with Crippen molar-refractivity contribution in [2.75, 3.05) is 18.8 Å². The molecule has 1 fully saturated rings. The van der Waals surface area contributed by atoms with E-state index in [4.69, 9.17) is 0 Å². The molecule has 108 valence electrons. The fourth-order valence-corrected chi connectivity index (χ4v) is 3.55. The number of amidine groups is 1. The Kier molecular flexibility index (Phi) is 3.67. The smallest absolute Gasteiger partial charge is 0.358 e. The number of alkyl halides is 3. The minimum atomic E-state index is -4.27. The van der Waals surface area contributed by atoms with Crippen LogP contribution in [0.15, 0.2) is 28.7 Å². The van der Waals surface area contributed by atoms with E-state index in [9.17, 15) is 13.2 Å². The molecule has 0 aromatic heterocycles. The number of rotatable bonds is 1. The molecule has 0 saturated carbocycles. The molecule has 3 rings (SSSR count). The molecule has 1 saturated heterocycles. The van der Waals surface area contributed by atoms with Gasteiger partial charge in [0.25, 0.3) is 0 Å². The van der Waals surface area contributed by atoms with Crippen molar-refractivity contribution >= 4 is 17.8 Å². The number of hydrogen-bond acceptors (Lipinski definition) is 3. The Morgan fingerprint density at radius 1 is 1.15 bits per heavy atom. The van der Waals surface area contributed by atoms with Crippen molar-refractivity contribution in [1.29, 1.82) is 0 Å². The van der Waals surface area contributed by atoms with Crippen LogP contribution in [-0.4, -0.2) is 29.6 Å². The Bertz CT molecular complexity index is 510. The molecule has 0 aliphatic carbocycles. The van der Waals surface area contributed by atoms with Crippen LogP contribution in [0.4, 0.5) is 13.2 Å². The first-order valence-electron chi connectivity index (χ1n) is 6.67. The second-order valence-corrected chi connectivity index (χ2v) is 5.93. The molecule has 20 heavy (non-hydrogen) atoms. The predicted octanol–water partition coefficient (Wildman–Crippen LogP) is 3.95. The minimum Gasteiger partial charge on any atom is -0.358 e. The van der Waals surface area contributed by atoms with Crippen molar-refractivity contribution in [1.82, 2.24) is 4.90 Å². The third kappa shape index (κ3) is 2.66. The van der Waals surface area contributed by atoms with Gasteiger partial charge in [-0.15, -0.1) is 0 Å². The van der Waals surface area contributed by atoms with Crippen molar-refractivity contribution in [3.8, 4) is 0 Å². The summed E-state index contributed by atoms with van der Waals surface area (Å²) in [5.41, 5.74) is 0.345. The highest BCUT2D eigenvalue weighted by Gasteiger charge is 2.32. The Labute approximate surface area is 120 Å². The number of fused-ring (bicyclic) bond motifs is 1. The number of halogens is 3. The first-order chi connectivity index (χ1) is 9.55. The van der Waals surface area contributed by atoms with Crippen LogP contribution >= 0.6 is 11.9 Å². The summed E-state index contributed by atoms with van der Waals surface area (Å²) in [6.07, 6.45) is -2.24. The molecule has 0 amide bonds. The summed E-state index contributed by atoms with van der Waals surface area (Å²) in [5.74, 6) is 2.16. The molecule has 2 nitrogen and oxygen atoms in total. The lowest BCUT2D eigenvalue weighted by atomic mass is 9.89. The zero-order valence-corrected chi connectivity index (χ0v) is 11.7. The Hall–Kier alpha value is -1.17. The predicted molar refractivity (Wildman–Crippen MR) is 74.9 cm³/mol. The van der Waals surface area contributed by atoms with Gasteiger partial charge in [0.2, 0.25) is 0 Å². The van der Waals surface area contributed by atoms with Gasteiger partial charge in [-0.2, -0.15) is 13.2 Å². The summed E-state index contributed by atoms with van der Waals surface area (Å²) in [4.78, 5) is 2.27. The third-order valence-corrected chi connectivity index (χ3v) is 4.49. The van der Waals surface area contributed by atoms with Gasteiger partial charge in [-0.25, -0.2) is 4.40 Å². The largest absolute Gasteiger partial charge is 0.416 e. The summed E-state index contributed by atoms with van der Waals surface area (Å²) in [6.45, 7) is 2.00. The monoisotopic (exact) mass is 300 g/mol. The highest BCUT2D eigenvalue weighted by molar-refractivity contribution is 7.98. The van der Waals surface area contributed by atoms with Crippen LogP contribution in [0.5, 0.6) is 0 Å². The van der Waals surface area contributed by atoms with Crippen molar-refractivity contribution in [2.24, 2.45) is 4.40 Å². The molecule has 2 aliphatic heterocycles. The van der Waals surface area contributed by atoms with Crippen LogP contribution < -0.4 is 0 Å². The van der Waals surface area contributed by atoms with Gasteiger partial charge >= 0.3 is 6.18 Å². The van der Waals surface area contributed by atoms with Gasteiger partial charge in [0.1, 0.15) is 5.84 Å². The van der Waals surface area contributed by atoms with E-state index < -0.39 is 11.7 Å². The molecule has 1 aromatic rings. The Morgan fingerprint density at radius 2 is 1.90 bits per heavy atom. The average Bonchev–Trinajstić information content (AvgIpc) is 2.46. The van der Waals surface area contributed by atoms with Gasteiger partial charge in [-0.3, -0.25) is 0 Å². The zero-order chi connectivity index (χ0) is 14.2. The maximum Gasteiger partial charge on any atom is 0.416 e. The maximum atomic E-state index is 12.6. The second-order valence-electron chi connectivity index (χ2n) is 5.08. The maximum absolute atomic E-state index is 12.6. The number of nitrogens with zero attached hydrogens (tertiary/aromatic N) is 2. The lowest BCUT2D eigenvalue weighted by Crippen LogP contribution is -2.42. The van der Waals surface area contributed by atoms with Gasteiger partial charge in [-0.1, -0.05) is 12.1 Å². The minimum absolute atomic E-state index is 0.138. The highest BCUT2D eigenvalue weighted by atomic mass is 32.2. The number of benzene rings is 1. The molecule has 2 aliphatic rings. The molecule has 0 spiro atoms. The summed E-state index contributed by atoms with van der Waals surface area (Å²) in [6, 6.07) is 5.53. The lowest BCUT2D eigenvalue weighted by Gasteiger charge is -2.37. The third-order valence-electron chi connectivity index (χ3n) is 3.81. The number of hydrogen-bond donors (Lipinski definition) is 0. The van der Waals surface area contributed by atoms with E-state index in [1.165, 1.54) is 12.1 Å². The van der Waals surface area contributed by atoms with E-state index in [2.05, 4.69) is 9.30 Å². The summed E-state index contributed by atoms with van der Waals surface area (Å²) < 4.78 is 42.3. The lowest BCUT2D eigenvalue weighted by molar-refractivity contribution is -0.137. The SMILES string of the molecule is FC(F)(F)c1ccc(C2CCCN3CCSN=C23)cc1. The van der Waals surface area contributed by atoms with Gasteiger partial charge < -0.3 is 4.90 Å². The molecule has 0 bridgehead atoms. The standard InChI is InChI=1S/C14H15F3N2S/c15-14(16,17)11-5-3-10(4-6-11)12-2-1-7-19-8-9-20-18-13(12)19/h3-6,12H,1-2,7-9H2. The number of piperidine rings is 1. The van der Waals surface area contributed by atoms with Crippen molar-refractivity contribution < 1.29 is 13.2 Å². The van der Waals surface area contributed by atoms with Crippen LogP contribution in [-0.2, 0) is 6.18 Å². The first kappa shape index (κ1) is 13.8. The highest BCUT2D eigenvalue weighted by Crippen LogP contribution is 2.35. The summed E-state index contributed by atoms with van der Waals surface area (Å²) in [7, 11) is 0. The summed E-state index contributed by atoms with van der Waals surface area (Å²) >= 11 is 1.55. The van der Waals surface area contributed by atoms with Crippen LogP contribution in [0.2, 0.25) is 0 Å². The molecule has 1 unspecified atom stereocenters. The van der Waals surface area contributed by atoms with Gasteiger partial charge in [0, 0.05) is 24.8 Å². The average molecular weight is 300 g/mol. The normalized spacial score (nSPS) is 23.2. The van der Waals surface area contributed by atoms with Gasteiger partial charge in [-0.05, 0) is 42.5 Å². The van der Waals surface area contributed by atoms with E-state index in [1.807, 2.05) is 0 Å². The quantitative estimate of drug-likeness (QED) is 0.730. The van der Waals surface area contributed by atoms with E-state index in [0.29, 0.717) is 0 Å². The topological polar surface area (TPSA) is 15.6 Å². The second kappa shape index (κ2) is 5.31. The first-order valence-corrected chi connectivity index (χ1v) is 7.62. The Balaban J connectivity index is 1.86. The molecule has 0 radical (unpaired) electrons. The fourth-order valence-electron chi connectivity index (χ4n) is 2.78. The zero-order valence-electron chi connectivity index (χ0n) is 10.9. The van der Waals surface area contributed by atoms with E-state index in [-0.39, 0.29) is 5.92 Å². The molecule has 1 atom stereocenters. The van der Waals surface area contributed by atoms with Gasteiger partial charge in [0.15, 0.2) is 0 Å². The van der Waals surface area contributed by atoms with Crippen molar-refractivity contribution in [3.63, 3.8) is 0 Å². The molecular formula is C14H15F3N2S. The van der Waals surface area contributed by atoms with E-state index in [0.717, 1.165) is 43.1 Å². The van der Waals surface area contributed by atoms with Crippen LogP contribution in [0.25, 0.3) is 0 Å². The fraction of sp³-hybridized carbons (Fsp3) is 0.500. The van der Waals surface area contributed by atoms with Gasteiger partial charge in [0.05, 0.1) is 5.56 Å². The summed E-state index contributed by atoms with van der Waals surface area (Å²) in [5, 5.41) is 0. The molecule has 0 N–H and O–H groups in total. The van der Waals surface area contributed by atoms with Crippen LogP contribution in [0.1, 0.15) is 29.9 Å². The van der Waals surface area contributed by atoms with Crippen LogP contribution in [0, 0.1) is 0 Å². The molecular weight excluding hydrogens is 285 g/mol. The van der Waals surface area contributed by atoms with Crippen molar-refractivity contribution in [2.45, 2.75) is 24.9 Å². The molecule has 2 heterocycles. The molecule has 1 aromatic carbocycles. The molecule has 6 heteroatoms.